The summed E-state index contributed by atoms with van der Waals surface area (Å²) in [6, 6.07) is 5.13. The number of aromatic nitrogens is 1. The number of carboxylic acids is 1. The van der Waals surface area contributed by atoms with Gasteiger partial charge in [0.05, 0.1) is 0 Å². The first-order valence-electron chi connectivity index (χ1n) is 5.30. The average molecular weight is 285 g/mol. The van der Waals surface area contributed by atoms with Crippen molar-refractivity contribution in [1.29, 1.82) is 0 Å². The highest BCUT2D eigenvalue weighted by Gasteiger charge is 2.29. The van der Waals surface area contributed by atoms with Crippen molar-refractivity contribution in [2.45, 2.75) is 25.3 Å². The molecule has 1 N–H and O–H groups in total. The van der Waals surface area contributed by atoms with Crippen LogP contribution in [0.3, 0.4) is 0 Å². The largest absolute Gasteiger partial charge is 0.480 e. The lowest BCUT2D eigenvalue weighted by molar-refractivity contribution is -0.139. The molecule has 2 heterocycles. The van der Waals surface area contributed by atoms with E-state index in [4.69, 9.17) is 5.11 Å². The number of pyridine rings is 1. The number of carbonyl (C=O) groups is 1. The van der Waals surface area contributed by atoms with E-state index in [0.29, 0.717) is 6.42 Å². The highest BCUT2D eigenvalue weighted by atomic mass is 79.9. The van der Waals surface area contributed by atoms with Crippen LogP contribution in [-0.2, 0) is 4.79 Å². The number of hydrogen-bond acceptors (Lipinski definition) is 3. The molecule has 0 radical (unpaired) electrons. The monoisotopic (exact) mass is 284 g/mol. The first-order chi connectivity index (χ1) is 7.68. The molecule has 0 aromatic carbocycles. The van der Waals surface area contributed by atoms with Gasteiger partial charge in [-0.2, -0.15) is 0 Å². The van der Waals surface area contributed by atoms with E-state index in [0.717, 1.165) is 29.8 Å². The third kappa shape index (κ3) is 2.35. The summed E-state index contributed by atoms with van der Waals surface area (Å²) in [5, 5.41) is 9.16. The van der Waals surface area contributed by atoms with Crippen molar-refractivity contribution < 1.29 is 9.90 Å². The summed E-state index contributed by atoms with van der Waals surface area (Å²) in [4.78, 5) is 17.3. The molecule has 1 aromatic heterocycles. The zero-order chi connectivity index (χ0) is 11.5. The van der Waals surface area contributed by atoms with E-state index in [9.17, 15) is 4.79 Å². The maximum atomic E-state index is 11.1. The minimum absolute atomic E-state index is 0.435. The molecule has 0 bridgehead atoms. The molecule has 4 nitrogen and oxygen atoms in total. The molecule has 1 atom stereocenters. The van der Waals surface area contributed by atoms with Crippen molar-refractivity contribution in [3.8, 4) is 0 Å². The van der Waals surface area contributed by atoms with E-state index in [1.165, 1.54) is 0 Å². The molecule has 16 heavy (non-hydrogen) atoms. The van der Waals surface area contributed by atoms with E-state index in [-0.39, 0.29) is 0 Å². The summed E-state index contributed by atoms with van der Waals surface area (Å²) >= 11 is 3.30. The fourth-order valence-electron chi connectivity index (χ4n) is 2.02. The van der Waals surface area contributed by atoms with E-state index in [2.05, 4.69) is 20.9 Å². The summed E-state index contributed by atoms with van der Waals surface area (Å²) < 4.78 is 0.736. The van der Waals surface area contributed by atoms with Crippen LogP contribution in [0.15, 0.2) is 22.8 Å². The van der Waals surface area contributed by atoms with Crippen LogP contribution in [0, 0.1) is 0 Å². The molecule has 86 valence electrons. The Morgan fingerprint density at radius 2 is 2.31 bits per heavy atom. The summed E-state index contributed by atoms with van der Waals surface area (Å²) in [5.41, 5.74) is 0. The van der Waals surface area contributed by atoms with Gasteiger partial charge >= 0.3 is 5.97 Å². The van der Waals surface area contributed by atoms with Gasteiger partial charge in [0, 0.05) is 6.54 Å². The quantitative estimate of drug-likeness (QED) is 0.847. The molecule has 1 fully saturated rings. The molecule has 2 rings (SSSR count). The number of nitrogens with zero attached hydrogens (tertiary/aromatic N) is 2. The van der Waals surface area contributed by atoms with Crippen LogP contribution in [-0.4, -0.2) is 28.6 Å². The molecule has 5 heteroatoms. The van der Waals surface area contributed by atoms with Crippen molar-refractivity contribution in [2.75, 3.05) is 11.4 Å². The lowest BCUT2D eigenvalue weighted by atomic mass is 10.0. The van der Waals surface area contributed by atoms with Gasteiger partial charge in [-0.25, -0.2) is 9.78 Å². The Morgan fingerprint density at radius 1 is 1.50 bits per heavy atom. The summed E-state index contributed by atoms with van der Waals surface area (Å²) in [7, 11) is 0. The predicted molar refractivity (Wildman–Crippen MR) is 64.6 cm³/mol. The maximum Gasteiger partial charge on any atom is 0.326 e. The standard InChI is InChI=1S/C11H13BrN2O2/c12-9-5-3-6-10(13-9)14-7-2-1-4-8(14)11(15)16/h3,5-6,8H,1-2,4,7H2,(H,15,16). The number of anilines is 1. The number of rotatable bonds is 2. The molecule has 0 aliphatic carbocycles. The van der Waals surface area contributed by atoms with E-state index in [1.54, 1.807) is 0 Å². The Hall–Kier alpha value is -1.10. The molecule has 1 saturated heterocycles. The fourth-order valence-corrected chi connectivity index (χ4v) is 2.35. The van der Waals surface area contributed by atoms with Gasteiger partial charge in [-0.05, 0) is 47.3 Å². The third-order valence-corrected chi connectivity index (χ3v) is 3.22. The molecule has 0 spiro atoms. The minimum atomic E-state index is -0.763. The minimum Gasteiger partial charge on any atom is -0.480 e. The average Bonchev–Trinajstić information content (AvgIpc) is 2.29. The molecule has 1 aliphatic heterocycles. The Balaban J connectivity index is 2.26. The normalized spacial score (nSPS) is 20.8. The first kappa shape index (κ1) is 11.4. The van der Waals surface area contributed by atoms with E-state index >= 15 is 0 Å². The van der Waals surface area contributed by atoms with Crippen molar-refractivity contribution in [1.82, 2.24) is 4.98 Å². The second-order valence-corrected chi connectivity index (χ2v) is 4.67. The van der Waals surface area contributed by atoms with Gasteiger partial charge in [0.1, 0.15) is 16.5 Å². The van der Waals surface area contributed by atoms with Gasteiger partial charge in [0.2, 0.25) is 0 Å². The Bertz CT molecular complexity index is 397. The van der Waals surface area contributed by atoms with Gasteiger partial charge < -0.3 is 10.0 Å². The molecule has 1 aliphatic rings. The van der Waals surface area contributed by atoms with Gasteiger partial charge in [-0.3, -0.25) is 0 Å². The molecule has 0 amide bonds. The van der Waals surface area contributed by atoms with Crippen LogP contribution >= 0.6 is 15.9 Å². The van der Waals surface area contributed by atoms with E-state index < -0.39 is 12.0 Å². The zero-order valence-electron chi connectivity index (χ0n) is 8.77. The molecular weight excluding hydrogens is 272 g/mol. The molecule has 1 aromatic rings. The summed E-state index contributed by atoms with van der Waals surface area (Å²) in [6.07, 6.45) is 2.70. The predicted octanol–water partition coefficient (Wildman–Crippen LogP) is 2.29. The SMILES string of the molecule is O=C(O)C1CCCCN1c1cccc(Br)n1. The fraction of sp³-hybridized carbons (Fsp3) is 0.455. The van der Waals surface area contributed by atoms with Crippen LogP contribution < -0.4 is 4.90 Å². The Morgan fingerprint density at radius 3 is 3.00 bits per heavy atom. The lowest BCUT2D eigenvalue weighted by Crippen LogP contribution is -2.45. The number of piperidine rings is 1. The van der Waals surface area contributed by atoms with E-state index in [1.807, 2.05) is 23.1 Å². The topological polar surface area (TPSA) is 53.4 Å². The van der Waals surface area contributed by atoms with Crippen molar-refractivity contribution in [3.63, 3.8) is 0 Å². The van der Waals surface area contributed by atoms with Crippen molar-refractivity contribution in [2.24, 2.45) is 0 Å². The summed E-state index contributed by atoms with van der Waals surface area (Å²) in [6.45, 7) is 0.764. The maximum absolute atomic E-state index is 11.1. The highest BCUT2D eigenvalue weighted by molar-refractivity contribution is 9.10. The summed E-state index contributed by atoms with van der Waals surface area (Å²) in [5.74, 6) is -0.0250. The van der Waals surface area contributed by atoms with Gasteiger partial charge in [-0.15, -0.1) is 0 Å². The van der Waals surface area contributed by atoms with Crippen LogP contribution in [0.5, 0.6) is 0 Å². The third-order valence-electron chi connectivity index (χ3n) is 2.78. The Labute approximate surface area is 102 Å². The van der Waals surface area contributed by atoms with Crippen LogP contribution in [0.4, 0.5) is 5.82 Å². The number of halogens is 1. The Kier molecular flexibility index (Phi) is 3.43. The second-order valence-electron chi connectivity index (χ2n) is 3.86. The molecular formula is C11H13BrN2O2. The van der Waals surface area contributed by atoms with Crippen molar-refractivity contribution in [3.05, 3.63) is 22.8 Å². The molecule has 0 saturated carbocycles. The number of carboxylic acid groups (broad SMARTS) is 1. The van der Waals surface area contributed by atoms with Gasteiger partial charge in [-0.1, -0.05) is 6.07 Å². The molecule has 1 unspecified atom stereocenters. The zero-order valence-corrected chi connectivity index (χ0v) is 10.4. The van der Waals surface area contributed by atoms with Gasteiger partial charge in [0.15, 0.2) is 0 Å². The van der Waals surface area contributed by atoms with Crippen LogP contribution in [0.1, 0.15) is 19.3 Å². The number of hydrogen-bond donors (Lipinski definition) is 1. The smallest absolute Gasteiger partial charge is 0.326 e. The first-order valence-corrected chi connectivity index (χ1v) is 6.10. The number of aliphatic carboxylic acids is 1. The highest BCUT2D eigenvalue weighted by Crippen LogP contribution is 2.24. The van der Waals surface area contributed by atoms with Crippen LogP contribution in [0.2, 0.25) is 0 Å². The lowest BCUT2D eigenvalue weighted by Gasteiger charge is -2.33. The van der Waals surface area contributed by atoms with Crippen LogP contribution in [0.25, 0.3) is 0 Å². The van der Waals surface area contributed by atoms with Gasteiger partial charge in [0.25, 0.3) is 0 Å². The van der Waals surface area contributed by atoms with Crippen molar-refractivity contribution >= 4 is 27.7 Å². The second kappa shape index (κ2) is 4.82.